The first-order valence-corrected chi connectivity index (χ1v) is 7.59. The van der Waals surface area contributed by atoms with Crippen molar-refractivity contribution < 1.29 is 0 Å². The highest BCUT2D eigenvalue weighted by Crippen LogP contribution is 2.28. The Morgan fingerprint density at radius 1 is 1.47 bits per heavy atom. The number of halogens is 1. The van der Waals surface area contributed by atoms with Gasteiger partial charge in [0.1, 0.15) is 0 Å². The Bertz CT molecular complexity index is 329. The minimum Gasteiger partial charge on any atom is -0.367 e. The fourth-order valence-electron chi connectivity index (χ4n) is 1.99. The molecule has 2 rings (SSSR count). The SMILES string of the molecule is CC1CSCCN1c1ccccc1CBr. The normalized spacial score (nSPS) is 21.7. The molecule has 82 valence electrons. The van der Waals surface area contributed by atoms with E-state index in [0.717, 1.165) is 5.33 Å². The molecule has 1 aromatic carbocycles. The van der Waals surface area contributed by atoms with Crippen molar-refractivity contribution in [2.24, 2.45) is 0 Å². The maximum atomic E-state index is 3.56. The quantitative estimate of drug-likeness (QED) is 0.765. The predicted molar refractivity (Wildman–Crippen MR) is 73.2 cm³/mol. The Balaban J connectivity index is 2.26. The van der Waals surface area contributed by atoms with Crippen LogP contribution in [0.1, 0.15) is 12.5 Å². The molecule has 0 radical (unpaired) electrons. The molecule has 0 amide bonds. The van der Waals surface area contributed by atoms with Gasteiger partial charge >= 0.3 is 0 Å². The van der Waals surface area contributed by atoms with Gasteiger partial charge in [0.2, 0.25) is 0 Å². The van der Waals surface area contributed by atoms with Gasteiger partial charge in [-0.3, -0.25) is 0 Å². The van der Waals surface area contributed by atoms with Crippen LogP contribution >= 0.6 is 27.7 Å². The zero-order valence-electron chi connectivity index (χ0n) is 8.95. The number of hydrogen-bond donors (Lipinski definition) is 0. The van der Waals surface area contributed by atoms with E-state index in [0.29, 0.717) is 6.04 Å². The first-order valence-electron chi connectivity index (χ1n) is 5.31. The molecule has 1 aliphatic heterocycles. The second-order valence-electron chi connectivity index (χ2n) is 3.88. The molecule has 1 atom stereocenters. The third-order valence-corrected chi connectivity index (χ3v) is 4.61. The molecule has 1 unspecified atom stereocenters. The van der Waals surface area contributed by atoms with Crippen molar-refractivity contribution in [2.45, 2.75) is 18.3 Å². The van der Waals surface area contributed by atoms with Crippen LogP contribution in [0.25, 0.3) is 0 Å². The fourth-order valence-corrected chi connectivity index (χ4v) is 3.48. The third kappa shape index (κ3) is 2.51. The zero-order valence-corrected chi connectivity index (χ0v) is 11.4. The average Bonchev–Trinajstić information content (AvgIpc) is 2.30. The summed E-state index contributed by atoms with van der Waals surface area (Å²) >= 11 is 5.62. The van der Waals surface area contributed by atoms with Gasteiger partial charge in [0.25, 0.3) is 0 Å². The van der Waals surface area contributed by atoms with Crippen LogP contribution in [-0.2, 0) is 5.33 Å². The summed E-state index contributed by atoms with van der Waals surface area (Å²) in [6.07, 6.45) is 0. The second kappa shape index (κ2) is 5.26. The van der Waals surface area contributed by atoms with Crippen LogP contribution in [0.15, 0.2) is 24.3 Å². The summed E-state index contributed by atoms with van der Waals surface area (Å²) in [5.41, 5.74) is 2.80. The number of alkyl halides is 1. The van der Waals surface area contributed by atoms with E-state index in [4.69, 9.17) is 0 Å². The molecule has 15 heavy (non-hydrogen) atoms. The van der Waals surface area contributed by atoms with Gasteiger partial charge in [-0.2, -0.15) is 11.8 Å². The summed E-state index contributed by atoms with van der Waals surface area (Å²) < 4.78 is 0. The Labute approximate surface area is 104 Å². The van der Waals surface area contributed by atoms with Crippen molar-refractivity contribution in [1.82, 2.24) is 0 Å². The van der Waals surface area contributed by atoms with Crippen molar-refractivity contribution in [3.05, 3.63) is 29.8 Å². The molecule has 1 heterocycles. The summed E-state index contributed by atoms with van der Waals surface area (Å²) in [6.45, 7) is 3.49. The molecule has 0 spiro atoms. The van der Waals surface area contributed by atoms with Crippen molar-refractivity contribution in [2.75, 3.05) is 23.0 Å². The Kier molecular flexibility index (Phi) is 3.98. The maximum Gasteiger partial charge on any atom is 0.0410 e. The lowest BCUT2D eigenvalue weighted by atomic mass is 10.1. The highest BCUT2D eigenvalue weighted by molar-refractivity contribution is 9.08. The molecule has 0 aliphatic carbocycles. The van der Waals surface area contributed by atoms with E-state index in [-0.39, 0.29) is 0 Å². The van der Waals surface area contributed by atoms with E-state index in [2.05, 4.69) is 63.8 Å². The lowest BCUT2D eigenvalue weighted by molar-refractivity contribution is 0.698. The fraction of sp³-hybridized carbons (Fsp3) is 0.500. The standard InChI is InChI=1S/C12H16BrNS/c1-10-9-15-7-6-14(10)12-5-3-2-4-11(12)8-13/h2-5,10H,6-9H2,1H3. The molecule has 0 aromatic heterocycles. The molecule has 1 aromatic rings. The highest BCUT2D eigenvalue weighted by Gasteiger charge is 2.20. The minimum atomic E-state index is 0.656. The van der Waals surface area contributed by atoms with Crippen LogP contribution in [0.3, 0.4) is 0 Å². The van der Waals surface area contributed by atoms with E-state index in [1.165, 1.54) is 29.3 Å². The number of thioether (sulfide) groups is 1. The second-order valence-corrected chi connectivity index (χ2v) is 5.59. The summed E-state index contributed by atoms with van der Waals surface area (Å²) in [7, 11) is 0. The highest BCUT2D eigenvalue weighted by atomic mass is 79.9. The minimum absolute atomic E-state index is 0.656. The van der Waals surface area contributed by atoms with Crippen LogP contribution < -0.4 is 4.90 Å². The van der Waals surface area contributed by atoms with Gasteiger partial charge in [0, 0.05) is 35.1 Å². The van der Waals surface area contributed by atoms with Crippen molar-refractivity contribution in [3.63, 3.8) is 0 Å². The van der Waals surface area contributed by atoms with Crippen LogP contribution in [0.4, 0.5) is 5.69 Å². The van der Waals surface area contributed by atoms with E-state index < -0.39 is 0 Å². The van der Waals surface area contributed by atoms with Gasteiger partial charge < -0.3 is 4.90 Å². The van der Waals surface area contributed by atoms with Crippen molar-refractivity contribution in [3.8, 4) is 0 Å². The van der Waals surface area contributed by atoms with Gasteiger partial charge in [-0.05, 0) is 18.6 Å². The Morgan fingerprint density at radius 2 is 2.27 bits per heavy atom. The first-order chi connectivity index (χ1) is 7.33. The van der Waals surface area contributed by atoms with Crippen LogP contribution in [-0.4, -0.2) is 24.1 Å². The van der Waals surface area contributed by atoms with Gasteiger partial charge in [-0.15, -0.1) is 0 Å². The number of hydrogen-bond acceptors (Lipinski definition) is 2. The monoisotopic (exact) mass is 285 g/mol. The van der Waals surface area contributed by atoms with E-state index in [9.17, 15) is 0 Å². The molecule has 1 fully saturated rings. The smallest absolute Gasteiger partial charge is 0.0410 e. The number of para-hydroxylation sites is 1. The number of rotatable bonds is 2. The summed E-state index contributed by atoms with van der Waals surface area (Å²) in [6, 6.07) is 9.35. The first kappa shape index (κ1) is 11.3. The van der Waals surface area contributed by atoms with Crippen LogP contribution in [0, 0.1) is 0 Å². The Hall–Kier alpha value is -0.150. The molecular weight excluding hydrogens is 270 g/mol. The molecule has 0 N–H and O–H groups in total. The molecular formula is C12H16BrNS. The summed E-state index contributed by atoms with van der Waals surface area (Å²) in [5.74, 6) is 2.50. The summed E-state index contributed by atoms with van der Waals surface area (Å²) in [5, 5.41) is 0.944. The van der Waals surface area contributed by atoms with E-state index >= 15 is 0 Å². The average molecular weight is 286 g/mol. The summed E-state index contributed by atoms with van der Waals surface area (Å²) in [4.78, 5) is 2.53. The van der Waals surface area contributed by atoms with Gasteiger partial charge in [0.15, 0.2) is 0 Å². The van der Waals surface area contributed by atoms with Crippen LogP contribution in [0.2, 0.25) is 0 Å². The van der Waals surface area contributed by atoms with Crippen molar-refractivity contribution >= 4 is 33.4 Å². The van der Waals surface area contributed by atoms with Gasteiger partial charge in [-0.25, -0.2) is 0 Å². The number of nitrogens with zero attached hydrogens (tertiary/aromatic N) is 1. The van der Waals surface area contributed by atoms with Gasteiger partial charge in [0.05, 0.1) is 0 Å². The lowest BCUT2D eigenvalue weighted by Crippen LogP contribution is -2.40. The molecule has 1 aliphatic rings. The number of anilines is 1. The van der Waals surface area contributed by atoms with Gasteiger partial charge in [-0.1, -0.05) is 34.1 Å². The zero-order chi connectivity index (χ0) is 10.7. The van der Waals surface area contributed by atoms with Crippen molar-refractivity contribution in [1.29, 1.82) is 0 Å². The molecule has 0 bridgehead atoms. The maximum absolute atomic E-state index is 3.56. The largest absolute Gasteiger partial charge is 0.367 e. The molecule has 1 saturated heterocycles. The molecule has 0 saturated carbocycles. The van der Waals surface area contributed by atoms with E-state index in [1.807, 2.05) is 0 Å². The van der Waals surface area contributed by atoms with E-state index in [1.54, 1.807) is 0 Å². The predicted octanol–water partition coefficient (Wildman–Crippen LogP) is 3.52. The molecule has 1 nitrogen and oxygen atoms in total. The number of benzene rings is 1. The van der Waals surface area contributed by atoms with Crippen LogP contribution in [0.5, 0.6) is 0 Å². The third-order valence-electron chi connectivity index (χ3n) is 2.81. The Morgan fingerprint density at radius 3 is 3.00 bits per heavy atom. The molecule has 3 heteroatoms. The topological polar surface area (TPSA) is 3.24 Å². The lowest BCUT2D eigenvalue weighted by Gasteiger charge is -2.36.